The average Bonchev–Trinajstić information content (AvgIpc) is 3.21. The maximum Gasteiger partial charge on any atom is 0.416 e. The second kappa shape index (κ2) is 8.62. The molecule has 4 rings (SSSR count). The highest BCUT2D eigenvalue weighted by molar-refractivity contribution is 7.90. The van der Waals surface area contributed by atoms with Gasteiger partial charge in [-0.3, -0.25) is 4.57 Å². The van der Waals surface area contributed by atoms with E-state index in [4.69, 9.17) is 4.74 Å². The minimum Gasteiger partial charge on any atom is -0.489 e. The van der Waals surface area contributed by atoms with Crippen LogP contribution >= 0.6 is 0 Å². The van der Waals surface area contributed by atoms with Gasteiger partial charge in [0.25, 0.3) is 10.0 Å². The molecular formula is C23H17F3N2O4S. The molecule has 4 aromatic rings. The van der Waals surface area contributed by atoms with E-state index in [0.29, 0.717) is 29.3 Å². The van der Waals surface area contributed by atoms with Crippen molar-refractivity contribution in [3.63, 3.8) is 0 Å². The normalized spacial score (nSPS) is 12.0. The van der Waals surface area contributed by atoms with Crippen molar-refractivity contribution in [2.24, 2.45) is 0 Å². The van der Waals surface area contributed by atoms with Gasteiger partial charge in [-0.05, 0) is 48.0 Å². The Balaban J connectivity index is 1.52. The Hall–Kier alpha value is -3.79. The lowest BCUT2D eigenvalue weighted by atomic mass is 10.2. The van der Waals surface area contributed by atoms with E-state index in [-0.39, 0.29) is 0 Å². The van der Waals surface area contributed by atoms with Crippen LogP contribution in [0.2, 0.25) is 0 Å². The number of alkyl halides is 3. The second-order valence-corrected chi connectivity index (χ2v) is 8.80. The van der Waals surface area contributed by atoms with E-state index in [2.05, 4.69) is 0 Å². The highest BCUT2D eigenvalue weighted by atomic mass is 32.2. The summed E-state index contributed by atoms with van der Waals surface area (Å²) in [5.74, 6) is 0.557. The highest BCUT2D eigenvalue weighted by Gasteiger charge is 2.32. The lowest BCUT2D eigenvalue weighted by molar-refractivity contribution is -0.137. The number of fused-ring (bicyclic) bond motifs is 1. The number of sulfonamides is 1. The number of benzene rings is 3. The minimum atomic E-state index is -4.72. The van der Waals surface area contributed by atoms with Gasteiger partial charge in [-0.25, -0.2) is 17.9 Å². The molecule has 1 amide bonds. The molecule has 1 aromatic heterocycles. The van der Waals surface area contributed by atoms with E-state index in [1.165, 1.54) is 6.20 Å². The van der Waals surface area contributed by atoms with Crippen LogP contribution in [0.4, 0.5) is 18.0 Å². The van der Waals surface area contributed by atoms with Crippen molar-refractivity contribution in [3.8, 4) is 5.75 Å². The Morgan fingerprint density at radius 3 is 2.42 bits per heavy atom. The van der Waals surface area contributed by atoms with Crippen molar-refractivity contribution in [2.75, 3.05) is 0 Å². The van der Waals surface area contributed by atoms with Crippen molar-refractivity contribution in [1.82, 2.24) is 9.29 Å². The quantitative estimate of drug-likeness (QED) is 0.432. The molecule has 0 aliphatic heterocycles. The molecule has 0 saturated heterocycles. The van der Waals surface area contributed by atoms with E-state index >= 15 is 0 Å². The van der Waals surface area contributed by atoms with Crippen molar-refractivity contribution in [3.05, 3.63) is 96.2 Å². The Labute approximate surface area is 187 Å². The zero-order chi connectivity index (χ0) is 23.6. The van der Waals surface area contributed by atoms with Gasteiger partial charge in [-0.1, -0.05) is 36.4 Å². The van der Waals surface area contributed by atoms with Gasteiger partial charge in [0.1, 0.15) is 12.4 Å². The van der Waals surface area contributed by atoms with Crippen LogP contribution < -0.4 is 9.46 Å². The van der Waals surface area contributed by atoms with Crippen molar-refractivity contribution in [1.29, 1.82) is 0 Å². The Kier molecular flexibility index (Phi) is 5.86. The van der Waals surface area contributed by atoms with Gasteiger partial charge in [0.05, 0.1) is 16.0 Å². The van der Waals surface area contributed by atoms with E-state index in [9.17, 15) is 26.4 Å². The summed E-state index contributed by atoms with van der Waals surface area (Å²) in [7, 11) is -4.53. The molecule has 10 heteroatoms. The Bertz CT molecular complexity index is 1410. The zero-order valence-electron chi connectivity index (χ0n) is 16.9. The summed E-state index contributed by atoms with van der Waals surface area (Å²) in [5.41, 5.74) is 0.250. The first-order valence-corrected chi connectivity index (χ1v) is 11.1. The number of halogens is 3. The van der Waals surface area contributed by atoms with Gasteiger partial charge in [0.15, 0.2) is 0 Å². The van der Waals surface area contributed by atoms with Gasteiger partial charge < -0.3 is 4.74 Å². The molecule has 170 valence electrons. The van der Waals surface area contributed by atoms with Crippen molar-refractivity contribution < 1.29 is 31.1 Å². The predicted molar refractivity (Wildman–Crippen MR) is 115 cm³/mol. The number of hydrogen-bond acceptors (Lipinski definition) is 4. The average molecular weight is 474 g/mol. The third-order valence-electron chi connectivity index (χ3n) is 4.82. The molecule has 1 N–H and O–H groups in total. The molecule has 0 atom stereocenters. The highest BCUT2D eigenvalue weighted by Crippen LogP contribution is 2.30. The summed E-state index contributed by atoms with van der Waals surface area (Å²) in [6.45, 7) is 0.350. The molecule has 1 heterocycles. The second-order valence-electron chi connectivity index (χ2n) is 7.12. The molecule has 3 aromatic carbocycles. The molecule has 33 heavy (non-hydrogen) atoms. The third kappa shape index (κ3) is 5.01. The topological polar surface area (TPSA) is 77.4 Å². The third-order valence-corrected chi connectivity index (χ3v) is 6.14. The van der Waals surface area contributed by atoms with Gasteiger partial charge in [-0.15, -0.1) is 0 Å². The van der Waals surface area contributed by atoms with E-state index in [0.717, 1.165) is 28.3 Å². The van der Waals surface area contributed by atoms with Crippen LogP contribution in [-0.2, 0) is 22.8 Å². The molecule has 6 nitrogen and oxygen atoms in total. The SMILES string of the molecule is O=C(NS(=O)(=O)c1cccc(C(F)(F)F)c1)n1ccc2cc(OCc3ccccc3)ccc21. The summed E-state index contributed by atoms with van der Waals surface area (Å²) in [4.78, 5) is 11.9. The van der Waals surface area contributed by atoms with Crippen LogP contribution in [0.5, 0.6) is 5.75 Å². The maximum absolute atomic E-state index is 12.9. The first kappa shape index (κ1) is 22.4. The predicted octanol–water partition coefficient (Wildman–Crippen LogP) is 5.19. The number of carbonyl (C=O) groups excluding carboxylic acids is 1. The molecule has 0 fully saturated rings. The summed E-state index contributed by atoms with van der Waals surface area (Å²) in [5, 5.41) is 0.618. The molecule has 0 unspecified atom stereocenters. The standard InChI is InChI=1S/C23H17F3N2O4S/c24-23(25,26)18-7-4-8-20(14-18)33(30,31)27-22(29)28-12-11-17-13-19(9-10-21(17)28)32-15-16-5-2-1-3-6-16/h1-14H,15H2,(H,27,29). The van der Waals surface area contributed by atoms with Gasteiger partial charge in [0.2, 0.25) is 0 Å². The van der Waals surface area contributed by atoms with Crippen LogP contribution in [0.25, 0.3) is 10.9 Å². The lowest BCUT2D eigenvalue weighted by Gasteiger charge is -2.11. The van der Waals surface area contributed by atoms with Gasteiger partial charge >= 0.3 is 12.2 Å². The summed E-state index contributed by atoms with van der Waals surface area (Å²) >= 11 is 0. The van der Waals surface area contributed by atoms with Gasteiger partial charge in [-0.2, -0.15) is 13.2 Å². The lowest BCUT2D eigenvalue weighted by Crippen LogP contribution is -2.33. The van der Waals surface area contributed by atoms with Crippen LogP contribution in [0.1, 0.15) is 11.1 Å². The molecule has 0 radical (unpaired) electrons. The van der Waals surface area contributed by atoms with Crippen LogP contribution in [-0.4, -0.2) is 19.0 Å². The van der Waals surface area contributed by atoms with Crippen LogP contribution in [0.3, 0.4) is 0 Å². The summed E-state index contributed by atoms with van der Waals surface area (Å²) in [6.07, 6.45) is -3.35. The fourth-order valence-corrected chi connectivity index (χ4v) is 4.18. The van der Waals surface area contributed by atoms with Gasteiger partial charge in [0, 0.05) is 11.6 Å². The summed E-state index contributed by atoms with van der Waals surface area (Å²) < 4.78 is 72.3. The smallest absolute Gasteiger partial charge is 0.416 e. The largest absolute Gasteiger partial charge is 0.489 e. The number of nitrogens with one attached hydrogen (secondary N) is 1. The number of rotatable bonds is 5. The fourth-order valence-electron chi connectivity index (χ4n) is 3.19. The minimum absolute atomic E-state index is 0.350. The number of amides is 1. The zero-order valence-corrected chi connectivity index (χ0v) is 17.7. The van der Waals surface area contributed by atoms with Crippen LogP contribution in [0.15, 0.2) is 90.0 Å². The monoisotopic (exact) mass is 474 g/mol. The van der Waals surface area contributed by atoms with Crippen LogP contribution in [0, 0.1) is 0 Å². The molecule has 0 bridgehead atoms. The molecular weight excluding hydrogens is 457 g/mol. The van der Waals surface area contributed by atoms with E-state index < -0.39 is 32.7 Å². The number of ether oxygens (including phenoxy) is 1. The van der Waals surface area contributed by atoms with E-state index in [1.54, 1.807) is 29.0 Å². The molecule has 0 aliphatic carbocycles. The molecule has 0 saturated carbocycles. The first-order valence-electron chi connectivity index (χ1n) is 9.66. The number of hydrogen-bond donors (Lipinski definition) is 1. The Morgan fingerprint density at radius 2 is 1.70 bits per heavy atom. The number of nitrogens with zero attached hydrogens (tertiary/aromatic N) is 1. The molecule has 0 aliphatic rings. The van der Waals surface area contributed by atoms with E-state index in [1.807, 2.05) is 30.3 Å². The van der Waals surface area contributed by atoms with Crippen molar-refractivity contribution >= 4 is 27.0 Å². The Morgan fingerprint density at radius 1 is 0.939 bits per heavy atom. The maximum atomic E-state index is 12.9. The fraction of sp³-hybridized carbons (Fsp3) is 0.0870. The summed E-state index contributed by atoms with van der Waals surface area (Å²) in [6, 6.07) is 18.2. The van der Waals surface area contributed by atoms with Crippen molar-refractivity contribution in [2.45, 2.75) is 17.7 Å². The number of aromatic nitrogens is 1. The number of carbonyl (C=O) groups is 1. The first-order chi connectivity index (χ1) is 15.6. The molecule has 0 spiro atoms.